The highest BCUT2D eigenvalue weighted by Crippen LogP contribution is 2.23. The number of nitrogens with one attached hydrogen (secondary N) is 2. The van der Waals surface area contributed by atoms with Crippen molar-refractivity contribution in [3.8, 4) is 0 Å². The van der Waals surface area contributed by atoms with Crippen LogP contribution in [0.1, 0.15) is 12.0 Å². The van der Waals surface area contributed by atoms with Crippen molar-refractivity contribution >= 4 is 23.0 Å². The lowest BCUT2D eigenvalue weighted by atomic mass is 10.2. The molecule has 0 aliphatic carbocycles. The SMILES string of the molecule is O=C(CCNc1ccccc1[N+](=O)[O-])Nc1ccc(CN2CCOCC2)cc1. The number of ether oxygens (including phenoxy) is 1. The third-order valence-electron chi connectivity index (χ3n) is 4.52. The number of morpholine rings is 1. The standard InChI is InChI=1S/C20H24N4O4/c25-20(9-10-21-18-3-1-2-4-19(18)24(26)27)22-17-7-5-16(6-8-17)15-23-11-13-28-14-12-23/h1-8,21H,9-15H2,(H,22,25). The monoisotopic (exact) mass is 384 g/mol. The second kappa shape index (κ2) is 9.82. The minimum Gasteiger partial charge on any atom is -0.379 e. The van der Waals surface area contributed by atoms with Gasteiger partial charge in [0.15, 0.2) is 0 Å². The first-order valence-electron chi connectivity index (χ1n) is 9.28. The molecule has 1 saturated heterocycles. The number of carbonyl (C=O) groups excluding carboxylic acids is 1. The van der Waals surface area contributed by atoms with E-state index in [-0.39, 0.29) is 18.0 Å². The summed E-state index contributed by atoms with van der Waals surface area (Å²) in [6.07, 6.45) is 0.210. The van der Waals surface area contributed by atoms with Crippen LogP contribution in [0, 0.1) is 10.1 Å². The molecule has 148 valence electrons. The molecular weight excluding hydrogens is 360 g/mol. The molecule has 1 heterocycles. The Morgan fingerprint density at radius 2 is 1.82 bits per heavy atom. The van der Waals surface area contributed by atoms with Gasteiger partial charge in [0, 0.05) is 44.4 Å². The van der Waals surface area contributed by atoms with E-state index in [1.54, 1.807) is 18.2 Å². The first-order valence-corrected chi connectivity index (χ1v) is 9.28. The Morgan fingerprint density at radius 3 is 2.54 bits per heavy atom. The Hall–Kier alpha value is -2.97. The minimum absolute atomic E-state index is 0.00114. The molecule has 2 aromatic rings. The maximum Gasteiger partial charge on any atom is 0.292 e. The average molecular weight is 384 g/mol. The number of benzene rings is 2. The zero-order valence-corrected chi connectivity index (χ0v) is 15.6. The van der Waals surface area contributed by atoms with Gasteiger partial charge in [-0.3, -0.25) is 19.8 Å². The fourth-order valence-corrected chi connectivity index (χ4v) is 3.03. The number of nitrogens with zero attached hydrogens (tertiary/aromatic N) is 2. The molecule has 0 saturated carbocycles. The van der Waals surface area contributed by atoms with Gasteiger partial charge in [0.2, 0.25) is 5.91 Å². The van der Waals surface area contributed by atoms with Crippen molar-refractivity contribution in [1.29, 1.82) is 0 Å². The third kappa shape index (κ3) is 5.77. The summed E-state index contributed by atoms with van der Waals surface area (Å²) in [7, 11) is 0. The molecule has 3 rings (SSSR count). The van der Waals surface area contributed by atoms with Crippen molar-refractivity contribution in [3.63, 3.8) is 0 Å². The largest absolute Gasteiger partial charge is 0.379 e. The van der Waals surface area contributed by atoms with Gasteiger partial charge in [-0.05, 0) is 23.8 Å². The molecule has 2 aromatic carbocycles. The van der Waals surface area contributed by atoms with Crippen LogP contribution in [-0.4, -0.2) is 48.6 Å². The van der Waals surface area contributed by atoms with Crippen molar-refractivity contribution in [2.75, 3.05) is 43.5 Å². The van der Waals surface area contributed by atoms with Gasteiger partial charge in [0.1, 0.15) is 5.69 Å². The molecule has 1 fully saturated rings. The fraction of sp³-hybridized carbons (Fsp3) is 0.350. The summed E-state index contributed by atoms with van der Waals surface area (Å²) in [5.41, 5.74) is 2.34. The molecule has 0 aromatic heterocycles. The van der Waals surface area contributed by atoms with Crippen LogP contribution in [0.5, 0.6) is 0 Å². The highest BCUT2D eigenvalue weighted by Gasteiger charge is 2.13. The van der Waals surface area contributed by atoms with Crippen molar-refractivity contribution in [2.45, 2.75) is 13.0 Å². The molecule has 28 heavy (non-hydrogen) atoms. The quantitative estimate of drug-likeness (QED) is 0.537. The molecule has 0 atom stereocenters. The highest BCUT2D eigenvalue weighted by atomic mass is 16.6. The summed E-state index contributed by atoms with van der Waals surface area (Å²) < 4.78 is 5.35. The molecule has 0 spiro atoms. The molecule has 8 nitrogen and oxygen atoms in total. The lowest BCUT2D eigenvalue weighted by Crippen LogP contribution is -2.35. The third-order valence-corrected chi connectivity index (χ3v) is 4.52. The Bertz CT molecular complexity index is 804. The molecule has 2 N–H and O–H groups in total. The van der Waals surface area contributed by atoms with E-state index in [0.29, 0.717) is 12.2 Å². The second-order valence-corrected chi connectivity index (χ2v) is 6.58. The van der Waals surface area contributed by atoms with E-state index in [4.69, 9.17) is 4.74 Å². The van der Waals surface area contributed by atoms with Crippen LogP contribution in [0.3, 0.4) is 0 Å². The Kier molecular flexibility index (Phi) is 6.94. The van der Waals surface area contributed by atoms with Gasteiger partial charge in [-0.25, -0.2) is 0 Å². The molecule has 1 aliphatic rings. The molecule has 8 heteroatoms. The van der Waals surface area contributed by atoms with E-state index < -0.39 is 4.92 Å². The van der Waals surface area contributed by atoms with Gasteiger partial charge in [-0.15, -0.1) is 0 Å². The number of carbonyl (C=O) groups is 1. The van der Waals surface area contributed by atoms with Gasteiger partial charge >= 0.3 is 0 Å². The van der Waals surface area contributed by atoms with Gasteiger partial charge in [-0.2, -0.15) is 0 Å². The maximum absolute atomic E-state index is 12.1. The average Bonchev–Trinajstić information content (AvgIpc) is 2.70. The number of nitro groups is 1. The van der Waals surface area contributed by atoms with Crippen LogP contribution in [-0.2, 0) is 16.1 Å². The molecule has 1 aliphatic heterocycles. The van der Waals surface area contributed by atoms with Crippen LogP contribution in [0.25, 0.3) is 0 Å². The highest BCUT2D eigenvalue weighted by molar-refractivity contribution is 5.91. The predicted octanol–water partition coefficient (Wildman–Crippen LogP) is 2.87. The lowest BCUT2D eigenvalue weighted by molar-refractivity contribution is -0.384. The van der Waals surface area contributed by atoms with Gasteiger partial charge in [-0.1, -0.05) is 24.3 Å². The Labute approximate surface area is 163 Å². The Morgan fingerprint density at radius 1 is 1.11 bits per heavy atom. The van der Waals surface area contributed by atoms with E-state index in [9.17, 15) is 14.9 Å². The maximum atomic E-state index is 12.1. The van der Waals surface area contributed by atoms with Crippen LogP contribution in [0.4, 0.5) is 17.1 Å². The first-order chi connectivity index (χ1) is 13.6. The number of anilines is 2. The Balaban J connectivity index is 1.44. The van der Waals surface area contributed by atoms with E-state index >= 15 is 0 Å². The van der Waals surface area contributed by atoms with Crippen LogP contribution >= 0.6 is 0 Å². The molecule has 0 bridgehead atoms. The number of hydrogen-bond donors (Lipinski definition) is 2. The van der Waals surface area contributed by atoms with Gasteiger partial charge in [0.25, 0.3) is 5.69 Å². The van der Waals surface area contributed by atoms with Gasteiger partial charge in [0.05, 0.1) is 18.1 Å². The number of rotatable bonds is 8. The second-order valence-electron chi connectivity index (χ2n) is 6.58. The van der Waals surface area contributed by atoms with E-state index in [0.717, 1.165) is 38.5 Å². The summed E-state index contributed by atoms with van der Waals surface area (Å²) in [6, 6.07) is 14.2. The number of para-hydroxylation sites is 2. The van der Waals surface area contributed by atoms with Crippen molar-refractivity contribution in [1.82, 2.24) is 4.90 Å². The smallest absolute Gasteiger partial charge is 0.292 e. The lowest BCUT2D eigenvalue weighted by Gasteiger charge is -2.26. The summed E-state index contributed by atoms with van der Waals surface area (Å²) in [5.74, 6) is -0.146. The number of nitro benzene ring substituents is 1. The fourth-order valence-electron chi connectivity index (χ4n) is 3.03. The normalized spacial score (nSPS) is 14.4. The predicted molar refractivity (Wildman–Crippen MR) is 107 cm³/mol. The van der Waals surface area contributed by atoms with E-state index in [2.05, 4.69) is 15.5 Å². The van der Waals surface area contributed by atoms with E-state index in [1.165, 1.54) is 11.6 Å². The van der Waals surface area contributed by atoms with Crippen LogP contribution in [0.15, 0.2) is 48.5 Å². The van der Waals surface area contributed by atoms with Crippen molar-refractivity contribution in [2.24, 2.45) is 0 Å². The van der Waals surface area contributed by atoms with Crippen molar-refractivity contribution in [3.05, 3.63) is 64.2 Å². The minimum atomic E-state index is -0.444. The van der Waals surface area contributed by atoms with Gasteiger partial charge < -0.3 is 15.4 Å². The zero-order chi connectivity index (χ0) is 19.8. The summed E-state index contributed by atoms with van der Waals surface area (Å²) in [4.78, 5) is 25.0. The zero-order valence-electron chi connectivity index (χ0n) is 15.6. The van der Waals surface area contributed by atoms with Crippen molar-refractivity contribution < 1.29 is 14.5 Å². The molecular formula is C20H24N4O4. The molecule has 0 unspecified atom stereocenters. The summed E-state index contributed by atoms with van der Waals surface area (Å²) >= 11 is 0. The summed E-state index contributed by atoms with van der Waals surface area (Å²) in [6.45, 7) is 4.60. The van der Waals surface area contributed by atoms with Crippen LogP contribution < -0.4 is 10.6 Å². The summed E-state index contributed by atoms with van der Waals surface area (Å²) in [5, 5.41) is 16.8. The number of amides is 1. The molecule has 0 radical (unpaired) electrons. The molecule has 1 amide bonds. The van der Waals surface area contributed by atoms with E-state index in [1.807, 2.05) is 24.3 Å². The topological polar surface area (TPSA) is 96.7 Å². The van der Waals surface area contributed by atoms with Crippen LogP contribution in [0.2, 0.25) is 0 Å². The first kappa shape index (κ1) is 19.8. The number of hydrogen-bond acceptors (Lipinski definition) is 6.